The highest BCUT2D eigenvalue weighted by molar-refractivity contribution is 7.90. The van der Waals surface area contributed by atoms with Crippen molar-refractivity contribution in [3.05, 3.63) is 42.5 Å². The third-order valence-corrected chi connectivity index (χ3v) is 4.69. The van der Waals surface area contributed by atoms with Crippen molar-refractivity contribution >= 4 is 27.1 Å². The van der Waals surface area contributed by atoms with Crippen LogP contribution >= 0.6 is 0 Å². The molecule has 146 valence electrons. The Labute approximate surface area is 159 Å². The van der Waals surface area contributed by atoms with Gasteiger partial charge in [0.1, 0.15) is 10.6 Å². The van der Waals surface area contributed by atoms with E-state index in [1.54, 1.807) is 37.3 Å². The summed E-state index contributed by atoms with van der Waals surface area (Å²) in [5.41, 5.74) is 1.01. The minimum absolute atomic E-state index is 0.0618. The third kappa shape index (κ3) is 5.62. The van der Waals surface area contributed by atoms with Gasteiger partial charge in [-0.05, 0) is 38.1 Å². The fourth-order valence-corrected chi connectivity index (χ4v) is 3.29. The first-order chi connectivity index (χ1) is 12.9. The molecule has 2 rings (SSSR count). The summed E-state index contributed by atoms with van der Waals surface area (Å²) >= 11 is 0. The molecule has 0 radical (unpaired) electrons. The van der Waals surface area contributed by atoms with Crippen LogP contribution in [-0.2, 0) is 14.6 Å². The monoisotopic (exact) mass is 392 g/mol. The van der Waals surface area contributed by atoms with Gasteiger partial charge in [-0.1, -0.05) is 18.2 Å². The van der Waals surface area contributed by atoms with Crippen LogP contribution in [0.2, 0.25) is 0 Å². The Kier molecular flexibility index (Phi) is 7.06. The van der Waals surface area contributed by atoms with Gasteiger partial charge < -0.3 is 20.1 Å². The number of anilines is 2. The summed E-state index contributed by atoms with van der Waals surface area (Å²) < 4.78 is 34.9. The summed E-state index contributed by atoms with van der Waals surface area (Å²) in [5.74, 6) is 0.502. The fourth-order valence-electron chi connectivity index (χ4n) is 2.46. The molecule has 0 aliphatic heterocycles. The number of rotatable bonds is 9. The average molecular weight is 392 g/mol. The molecule has 0 aliphatic carbocycles. The summed E-state index contributed by atoms with van der Waals surface area (Å²) in [7, 11) is -3.46. The molecule has 1 amide bonds. The van der Waals surface area contributed by atoms with Crippen LogP contribution in [0, 0.1) is 0 Å². The Hall–Kier alpha value is -2.74. The minimum Gasteiger partial charge on any atom is -0.492 e. The molecule has 0 spiro atoms. The van der Waals surface area contributed by atoms with Crippen molar-refractivity contribution < 1.29 is 22.7 Å². The standard InChI is InChI=1S/C19H24N2O5S/c1-4-25-16-11-7-6-9-14(16)21-18(22)13-20-15-10-8-12-17(27(3,23)24)19(15)26-5-2/h6-12,20H,4-5,13H2,1-3H3,(H,21,22). The molecule has 27 heavy (non-hydrogen) atoms. The van der Waals surface area contributed by atoms with Gasteiger partial charge >= 0.3 is 0 Å². The second-order valence-corrected chi connectivity index (χ2v) is 7.65. The number of para-hydroxylation sites is 3. The molecule has 0 aromatic heterocycles. The van der Waals surface area contributed by atoms with E-state index >= 15 is 0 Å². The zero-order chi connectivity index (χ0) is 19.9. The van der Waals surface area contributed by atoms with Gasteiger partial charge in [0.25, 0.3) is 0 Å². The quantitative estimate of drug-likeness (QED) is 0.681. The van der Waals surface area contributed by atoms with Crippen LogP contribution in [0.4, 0.5) is 11.4 Å². The van der Waals surface area contributed by atoms with E-state index in [1.807, 2.05) is 13.0 Å². The van der Waals surface area contributed by atoms with Crippen LogP contribution in [0.3, 0.4) is 0 Å². The summed E-state index contributed by atoms with van der Waals surface area (Å²) in [6.07, 6.45) is 1.12. The number of benzene rings is 2. The smallest absolute Gasteiger partial charge is 0.243 e. The first kappa shape index (κ1) is 20.6. The van der Waals surface area contributed by atoms with Crippen molar-refractivity contribution in [3.8, 4) is 11.5 Å². The van der Waals surface area contributed by atoms with E-state index in [4.69, 9.17) is 9.47 Å². The van der Waals surface area contributed by atoms with Gasteiger partial charge in [0.15, 0.2) is 15.6 Å². The molecule has 0 saturated heterocycles. The first-order valence-electron chi connectivity index (χ1n) is 8.58. The van der Waals surface area contributed by atoms with Gasteiger partial charge in [-0.3, -0.25) is 4.79 Å². The molecule has 0 saturated carbocycles. The molecule has 2 aromatic carbocycles. The van der Waals surface area contributed by atoms with Crippen molar-refractivity contribution in [3.63, 3.8) is 0 Å². The van der Waals surface area contributed by atoms with E-state index in [-0.39, 0.29) is 23.1 Å². The SMILES string of the molecule is CCOc1ccccc1NC(=O)CNc1cccc(S(C)(=O)=O)c1OCC. The Morgan fingerprint density at radius 3 is 2.30 bits per heavy atom. The van der Waals surface area contributed by atoms with E-state index in [0.29, 0.717) is 30.3 Å². The lowest BCUT2D eigenvalue weighted by Gasteiger charge is -2.16. The average Bonchev–Trinajstić information content (AvgIpc) is 2.62. The van der Waals surface area contributed by atoms with Crippen molar-refractivity contribution in [2.45, 2.75) is 18.7 Å². The van der Waals surface area contributed by atoms with Crippen molar-refractivity contribution in [1.82, 2.24) is 0 Å². The van der Waals surface area contributed by atoms with Crippen LogP contribution in [0.15, 0.2) is 47.4 Å². The van der Waals surface area contributed by atoms with Gasteiger partial charge in [0.05, 0.1) is 31.1 Å². The number of carbonyl (C=O) groups is 1. The number of sulfone groups is 1. The number of hydrogen-bond acceptors (Lipinski definition) is 6. The predicted molar refractivity (Wildman–Crippen MR) is 105 cm³/mol. The van der Waals surface area contributed by atoms with Crippen LogP contribution in [0.1, 0.15) is 13.8 Å². The number of nitrogens with one attached hydrogen (secondary N) is 2. The van der Waals surface area contributed by atoms with Crippen LogP contribution in [-0.4, -0.2) is 40.3 Å². The lowest BCUT2D eigenvalue weighted by Crippen LogP contribution is -2.22. The van der Waals surface area contributed by atoms with Gasteiger partial charge in [0.2, 0.25) is 5.91 Å². The third-order valence-electron chi connectivity index (χ3n) is 3.57. The zero-order valence-electron chi connectivity index (χ0n) is 15.6. The Morgan fingerprint density at radius 2 is 1.63 bits per heavy atom. The lowest BCUT2D eigenvalue weighted by molar-refractivity contribution is -0.114. The highest BCUT2D eigenvalue weighted by Crippen LogP contribution is 2.32. The van der Waals surface area contributed by atoms with Crippen molar-refractivity contribution in [2.75, 3.05) is 36.6 Å². The lowest BCUT2D eigenvalue weighted by atomic mass is 10.2. The fraction of sp³-hybridized carbons (Fsp3) is 0.316. The van der Waals surface area contributed by atoms with Gasteiger partial charge in [-0.2, -0.15) is 0 Å². The second-order valence-electron chi connectivity index (χ2n) is 5.67. The molecular weight excluding hydrogens is 368 g/mol. The maximum atomic E-state index is 12.3. The molecular formula is C19H24N2O5S. The number of amides is 1. The predicted octanol–water partition coefficient (Wildman–Crippen LogP) is 2.94. The largest absolute Gasteiger partial charge is 0.492 e. The van der Waals surface area contributed by atoms with E-state index in [0.717, 1.165) is 6.26 Å². The molecule has 7 nitrogen and oxygen atoms in total. The van der Waals surface area contributed by atoms with Crippen LogP contribution in [0.25, 0.3) is 0 Å². The Morgan fingerprint density at radius 1 is 0.963 bits per heavy atom. The maximum absolute atomic E-state index is 12.3. The highest BCUT2D eigenvalue weighted by atomic mass is 32.2. The molecule has 2 aromatic rings. The molecule has 0 fully saturated rings. The van der Waals surface area contributed by atoms with Crippen molar-refractivity contribution in [2.24, 2.45) is 0 Å². The maximum Gasteiger partial charge on any atom is 0.243 e. The molecule has 2 N–H and O–H groups in total. The van der Waals surface area contributed by atoms with Gasteiger partial charge in [-0.25, -0.2) is 8.42 Å². The van der Waals surface area contributed by atoms with Crippen LogP contribution < -0.4 is 20.1 Å². The molecule has 8 heteroatoms. The normalized spacial score (nSPS) is 10.9. The Balaban J connectivity index is 2.14. The van der Waals surface area contributed by atoms with E-state index in [1.165, 1.54) is 6.07 Å². The highest BCUT2D eigenvalue weighted by Gasteiger charge is 2.18. The first-order valence-corrected chi connectivity index (χ1v) is 10.5. The van der Waals surface area contributed by atoms with Crippen LogP contribution in [0.5, 0.6) is 11.5 Å². The number of carbonyl (C=O) groups excluding carboxylic acids is 1. The minimum atomic E-state index is -3.46. The molecule has 0 bridgehead atoms. The summed E-state index contributed by atoms with van der Waals surface area (Å²) in [6.45, 7) is 4.36. The molecule has 0 unspecified atom stereocenters. The van der Waals surface area contributed by atoms with E-state index in [9.17, 15) is 13.2 Å². The molecule has 0 atom stereocenters. The topological polar surface area (TPSA) is 93.7 Å². The summed E-state index contributed by atoms with van der Waals surface area (Å²) in [5, 5.41) is 5.72. The Bertz CT molecular complexity index is 897. The van der Waals surface area contributed by atoms with Gasteiger partial charge in [-0.15, -0.1) is 0 Å². The van der Waals surface area contributed by atoms with Gasteiger partial charge in [0, 0.05) is 6.26 Å². The molecule has 0 heterocycles. The number of hydrogen-bond donors (Lipinski definition) is 2. The second kappa shape index (κ2) is 9.27. The van der Waals surface area contributed by atoms with E-state index in [2.05, 4.69) is 10.6 Å². The summed E-state index contributed by atoms with van der Waals surface area (Å²) in [4.78, 5) is 12.4. The number of ether oxygens (including phenoxy) is 2. The van der Waals surface area contributed by atoms with Crippen molar-refractivity contribution in [1.29, 1.82) is 0 Å². The summed E-state index contributed by atoms with van der Waals surface area (Å²) in [6, 6.07) is 11.9. The van der Waals surface area contributed by atoms with E-state index < -0.39 is 9.84 Å². The zero-order valence-corrected chi connectivity index (χ0v) is 16.4. The molecule has 0 aliphatic rings.